The molecule has 3 rings (SSSR count). The SMILES string of the molecule is C=Cc1c(C)c(=O)n2n(c1=O)C1C=CC2C1. The van der Waals surface area contributed by atoms with E-state index in [0.717, 1.165) is 6.42 Å². The van der Waals surface area contributed by atoms with E-state index in [0.29, 0.717) is 11.1 Å². The van der Waals surface area contributed by atoms with Crippen LogP contribution in [0.1, 0.15) is 29.6 Å². The Labute approximate surface area is 92.1 Å². The fourth-order valence-electron chi connectivity index (χ4n) is 2.65. The summed E-state index contributed by atoms with van der Waals surface area (Å²) in [5, 5.41) is 0. The van der Waals surface area contributed by atoms with Gasteiger partial charge in [-0.3, -0.25) is 9.59 Å². The van der Waals surface area contributed by atoms with E-state index in [4.69, 9.17) is 0 Å². The zero-order valence-electron chi connectivity index (χ0n) is 9.01. The molecule has 1 aromatic heterocycles. The first kappa shape index (κ1) is 9.39. The van der Waals surface area contributed by atoms with Crippen molar-refractivity contribution in [3.63, 3.8) is 0 Å². The minimum absolute atomic E-state index is 0.0458. The summed E-state index contributed by atoms with van der Waals surface area (Å²) in [5.41, 5.74) is 0.745. The molecule has 82 valence electrons. The summed E-state index contributed by atoms with van der Waals surface area (Å²) < 4.78 is 3.15. The fourth-order valence-corrected chi connectivity index (χ4v) is 2.65. The van der Waals surface area contributed by atoms with E-state index in [9.17, 15) is 9.59 Å². The monoisotopic (exact) mass is 216 g/mol. The van der Waals surface area contributed by atoms with Crippen LogP contribution in [0.2, 0.25) is 0 Å². The molecule has 0 amide bonds. The number of nitrogens with zero attached hydrogens (tertiary/aromatic N) is 2. The third-order valence-electron chi connectivity index (χ3n) is 3.47. The Morgan fingerprint density at radius 1 is 1.25 bits per heavy atom. The second-order valence-electron chi connectivity index (χ2n) is 4.30. The van der Waals surface area contributed by atoms with Crippen molar-refractivity contribution in [3.8, 4) is 0 Å². The molecule has 2 atom stereocenters. The van der Waals surface area contributed by atoms with Gasteiger partial charge in [0.15, 0.2) is 0 Å². The zero-order valence-corrected chi connectivity index (χ0v) is 9.01. The van der Waals surface area contributed by atoms with Crippen LogP contribution >= 0.6 is 0 Å². The lowest BCUT2D eigenvalue weighted by Gasteiger charge is -2.17. The lowest BCUT2D eigenvalue weighted by Crippen LogP contribution is -2.40. The second kappa shape index (κ2) is 2.84. The molecule has 0 aromatic carbocycles. The maximum absolute atomic E-state index is 12.2. The minimum Gasteiger partial charge on any atom is -0.268 e. The summed E-state index contributed by atoms with van der Waals surface area (Å²) in [6.45, 7) is 5.29. The fraction of sp³-hybridized carbons (Fsp3) is 0.333. The molecule has 0 saturated carbocycles. The van der Waals surface area contributed by atoms with Gasteiger partial charge in [-0.25, -0.2) is 9.36 Å². The van der Waals surface area contributed by atoms with Gasteiger partial charge in [-0.05, 0) is 13.3 Å². The normalized spacial score (nSPS) is 24.8. The molecule has 4 nitrogen and oxygen atoms in total. The zero-order chi connectivity index (χ0) is 11.4. The highest BCUT2D eigenvalue weighted by Gasteiger charge is 2.35. The van der Waals surface area contributed by atoms with Gasteiger partial charge in [-0.2, -0.15) is 0 Å². The van der Waals surface area contributed by atoms with E-state index in [1.54, 1.807) is 16.3 Å². The highest BCUT2D eigenvalue weighted by Crippen LogP contribution is 2.35. The lowest BCUT2D eigenvalue weighted by molar-refractivity contribution is 0.475. The van der Waals surface area contributed by atoms with Crippen molar-refractivity contribution < 1.29 is 0 Å². The van der Waals surface area contributed by atoms with Crippen LogP contribution in [-0.4, -0.2) is 9.36 Å². The molecular formula is C12H12N2O2. The molecule has 0 fully saturated rings. The van der Waals surface area contributed by atoms with Crippen molar-refractivity contribution in [2.24, 2.45) is 0 Å². The van der Waals surface area contributed by atoms with Gasteiger partial charge in [-0.1, -0.05) is 24.8 Å². The Kier molecular flexibility index (Phi) is 1.67. The van der Waals surface area contributed by atoms with Gasteiger partial charge in [0.25, 0.3) is 11.1 Å². The van der Waals surface area contributed by atoms with E-state index in [2.05, 4.69) is 6.58 Å². The first-order chi connectivity index (χ1) is 7.65. The Morgan fingerprint density at radius 2 is 1.81 bits per heavy atom. The summed E-state index contributed by atoms with van der Waals surface area (Å²) in [7, 11) is 0. The summed E-state index contributed by atoms with van der Waals surface area (Å²) in [6, 6.07) is 0.104. The smallest absolute Gasteiger partial charge is 0.268 e. The van der Waals surface area contributed by atoms with Crippen molar-refractivity contribution in [1.82, 2.24) is 9.36 Å². The standard InChI is InChI=1S/C12H12N2O2/c1-3-10-7(2)11(15)13-8-4-5-9(6-8)14(13)12(10)16/h3-5,8-9H,1,6H2,2H3. The van der Waals surface area contributed by atoms with Crippen LogP contribution in [0.25, 0.3) is 6.08 Å². The van der Waals surface area contributed by atoms with Crippen LogP contribution < -0.4 is 11.1 Å². The van der Waals surface area contributed by atoms with E-state index in [-0.39, 0.29) is 23.2 Å². The molecule has 0 N–H and O–H groups in total. The number of fused-ring (bicyclic) bond motifs is 5. The van der Waals surface area contributed by atoms with Crippen molar-refractivity contribution in [2.45, 2.75) is 25.4 Å². The van der Waals surface area contributed by atoms with E-state index < -0.39 is 0 Å². The average molecular weight is 216 g/mol. The molecule has 1 aliphatic carbocycles. The Morgan fingerprint density at radius 3 is 2.38 bits per heavy atom. The Bertz CT molecular complexity index is 634. The molecule has 0 radical (unpaired) electrons. The second-order valence-corrected chi connectivity index (χ2v) is 4.30. The van der Waals surface area contributed by atoms with Crippen molar-refractivity contribution in [1.29, 1.82) is 0 Å². The largest absolute Gasteiger partial charge is 0.273 e. The lowest BCUT2D eigenvalue weighted by atomic mass is 10.2. The van der Waals surface area contributed by atoms with E-state index in [1.807, 2.05) is 12.2 Å². The van der Waals surface area contributed by atoms with Crippen molar-refractivity contribution in [2.75, 3.05) is 0 Å². The summed E-state index contributed by atoms with van der Waals surface area (Å²) >= 11 is 0. The first-order valence-electron chi connectivity index (χ1n) is 5.34. The van der Waals surface area contributed by atoms with E-state index in [1.165, 1.54) is 6.08 Å². The maximum Gasteiger partial charge on any atom is 0.273 e. The quantitative estimate of drug-likeness (QED) is 0.658. The number of rotatable bonds is 1. The molecule has 1 aromatic rings. The topological polar surface area (TPSA) is 44.0 Å². The molecule has 2 unspecified atom stereocenters. The van der Waals surface area contributed by atoms with Crippen LogP contribution in [0.3, 0.4) is 0 Å². The van der Waals surface area contributed by atoms with Crippen molar-refractivity contribution >= 4 is 6.08 Å². The summed E-state index contributed by atoms with van der Waals surface area (Å²) in [5.74, 6) is 0. The molecule has 2 bridgehead atoms. The molecule has 4 heteroatoms. The van der Waals surface area contributed by atoms with Gasteiger partial charge < -0.3 is 0 Å². The summed E-state index contributed by atoms with van der Waals surface area (Å²) in [6.07, 6.45) is 6.30. The molecule has 2 heterocycles. The third kappa shape index (κ3) is 0.894. The first-order valence-corrected chi connectivity index (χ1v) is 5.34. The predicted molar refractivity (Wildman–Crippen MR) is 61.6 cm³/mol. The third-order valence-corrected chi connectivity index (χ3v) is 3.47. The summed E-state index contributed by atoms with van der Waals surface area (Å²) in [4.78, 5) is 24.3. The van der Waals surface area contributed by atoms with Crippen LogP contribution in [-0.2, 0) is 0 Å². The molecule has 0 spiro atoms. The number of hydrogen-bond donors (Lipinski definition) is 0. The molecule has 16 heavy (non-hydrogen) atoms. The van der Waals surface area contributed by atoms with Crippen LogP contribution in [0.5, 0.6) is 0 Å². The molecule has 0 saturated heterocycles. The Balaban J connectivity index is 2.48. The van der Waals surface area contributed by atoms with Gasteiger partial charge in [0.05, 0.1) is 12.1 Å². The number of aromatic nitrogens is 2. The van der Waals surface area contributed by atoms with E-state index >= 15 is 0 Å². The minimum atomic E-state index is -0.107. The van der Waals surface area contributed by atoms with Gasteiger partial charge >= 0.3 is 0 Å². The Hall–Kier alpha value is -1.84. The average Bonchev–Trinajstić information content (AvgIpc) is 2.86. The van der Waals surface area contributed by atoms with Crippen LogP contribution in [0.4, 0.5) is 0 Å². The number of allylic oxidation sites excluding steroid dienone is 2. The van der Waals surface area contributed by atoms with Gasteiger partial charge in [-0.15, -0.1) is 0 Å². The highest BCUT2D eigenvalue weighted by molar-refractivity contribution is 5.49. The van der Waals surface area contributed by atoms with Crippen LogP contribution in [0, 0.1) is 6.92 Å². The highest BCUT2D eigenvalue weighted by atomic mass is 16.2. The van der Waals surface area contributed by atoms with Crippen molar-refractivity contribution in [3.05, 3.63) is 50.6 Å². The van der Waals surface area contributed by atoms with Gasteiger partial charge in [0.1, 0.15) is 0 Å². The number of hydrogen-bond acceptors (Lipinski definition) is 2. The molecule has 1 aliphatic heterocycles. The van der Waals surface area contributed by atoms with Gasteiger partial charge in [0, 0.05) is 11.1 Å². The predicted octanol–water partition coefficient (Wildman–Crippen LogP) is 1.02. The maximum atomic E-state index is 12.2. The van der Waals surface area contributed by atoms with Crippen LogP contribution in [0.15, 0.2) is 28.3 Å². The van der Waals surface area contributed by atoms with Gasteiger partial charge in [0.2, 0.25) is 0 Å². The molecular weight excluding hydrogens is 204 g/mol. The molecule has 2 aliphatic rings.